The molecular formula is C15H15NO2. The van der Waals surface area contributed by atoms with Gasteiger partial charge in [-0.05, 0) is 25.0 Å². The van der Waals surface area contributed by atoms with Crippen molar-refractivity contribution in [1.82, 2.24) is 4.98 Å². The molecule has 3 nitrogen and oxygen atoms in total. The summed E-state index contributed by atoms with van der Waals surface area (Å²) < 4.78 is 0. The fraction of sp³-hybridized carbons (Fsp3) is 0.333. The van der Waals surface area contributed by atoms with Crippen molar-refractivity contribution in [3.05, 3.63) is 42.1 Å². The molecule has 0 amide bonds. The van der Waals surface area contributed by atoms with Gasteiger partial charge in [-0.1, -0.05) is 30.7 Å². The third kappa shape index (κ3) is 1.76. The van der Waals surface area contributed by atoms with Crippen LogP contribution in [-0.2, 0) is 11.2 Å². The van der Waals surface area contributed by atoms with Gasteiger partial charge in [0.15, 0.2) is 0 Å². The van der Waals surface area contributed by atoms with E-state index in [1.807, 2.05) is 36.4 Å². The first-order chi connectivity index (χ1) is 8.70. The van der Waals surface area contributed by atoms with Crippen LogP contribution in [0.15, 0.2) is 36.4 Å². The Kier molecular flexibility index (Phi) is 2.54. The van der Waals surface area contributed by atoms with Crippen LogP contribution in [0.5, 0.6) is 0 Å². The minimum Gasteiger partial charge on any atom is -0.481 e. The summed E-state index contributed by atoms with van der Waals surface area (Å²) in [5, 5.41) is 10.4. The van der Waals surface area contributed by atoms with Gasteiger partial charge in [-0.25, -0.2) is 0 Å². The molecule has 1 aliphatic rings. The van der Waals surface area contributed by atoms with E-state index < -0.39 is 11.4 Å². The molecular weight excluding hydrogens is 226 g/mol. The molecule has 92 valence electrons. The highest BCUT2D eigenvalue weighted by Gasteiger charge is 2.44. The highest BCUT2D eigenvalue weighted by molar-refractivity contribution is 5.79. The van der Waals surface area contributed by atoms with Crippen LogP contribution in [0.2, 0.25) is 0 Å². The van der Waals surface area contributed by atoms with Crippen molar-refractivity contribution in [1.29, 1.82) is 0 Å². The quantitative estimate of drug-likeness (QED) is 0.898. The number of hydrogen-bond donors (Lipinski definition) is 1. The molecule has 1 heterocycles. The van der Waals surface area contributed by atoms with Crippen LogP contribution >= 0.6 is 0 Å². The van der Waals surface area contributed by atoms with Gasteiger partial charge in [-0.15, -0.1) is 0 Å². The molecule has 1 aliphatic carbocycles. The SMILES string of the molecule is O=C(O)C1(Cc2ccc3ccccc3n2)CCC1. The number of rotatable bonds is 3. The first-order valence-electron chi connectivity index (χ1n) is 6.28. The minimum absolute atomic E-state index is 0.549. The van der Waals surface area contributed by atoms with Crippen molar-refractivity contribution in [3.63, 3.8) is 0 Å². The second-order valence-electron chi connectivity index (χ2n) is 5.11. The topological polar surface area (TPSA) is 50.2 Å². The Balaban J connectivity index is 1.93. The zero-order valence-electron chi connectivity index (χ0n) is 10.1. The number of carboxylic acids is 1. The summed E-state index contributed by atoms with van der Waals surface area (Å²) in [5.41, 5.74) is 1.26. The number of hydrogen-bond acceptors (Lipinski definition) is 2. The molecule has 0 bridgehead atoms. The van der Waals surface area contributed by atoms with Crippen molar-refractivity contribution in [3.8, 4) is 0 Å². The number of pyridine rings is 1. The van der Waals surface area contributed by atoms with Crippen LogP contribution in [0, 0.1) is 5.41 Å². The first-order valence-corrected chi connectivity index (χ1v) is 6.28. The lowest BCUT2D eigenvalue weighted by Gasteiger charge is -2.37. The summed E-state index contributed by atoms with van der Waals surface area (Å²) in [5.74, 6) is -0.677. The number of nitrogens with zero attached hydrogens (tertiary/aromatic N) is 1. The Bertz CT molecular complexity index is 602. The zero-order chi connectivity index (χ0) is 12.6. The van der Waals surface area contributed by atoms with E-state index in [9.17, 15) is 9.90 Å². The Morgan fingerprint density at radius 2 is 2.00 bits per heavy atom. The summed E-state index contributed by atoms with van der Waals surface area (Å²) in [6, 6.07) is 11.9. The van der Waals surface area contributed by atoms with Gasteiger partial charge >= 0.3 is 5.97 Å². The monoisotopic (exact) mass is 241 g/mol. The lowest BCUT2D eigenvalue weighted by atomic mass is 9.66. The van der Waals surface area contributed by atoms with Gasteiger partial charge < -0.3 is 5.11 Å². The fourth-order valence-corrected chi connectivity index (χ4v) is 2.62. The molecule has 0 aliphatic heterocycles. The van der Waals surface area contributed by atoms with E-state index in [1.54, 1.807) is 0 Å². The van der Waals surface area contributed by atoms with Crippen LogP contribution in [0.25, 0.3) is 10.9 Å². The predicted molar refractivity (Wildman–Crippen MR) is 69.4 cm³/mol. The van der Waals surface area contributed by atoms with E-state index in [1.165, 1.54) is 0 Å². The van der Waals surface area contributed by atoms with Gasteiger partial charge in [0.1, 0.15) is 0 Å². The van der Waals surface area contributed by atoms with E-state index in [0.29, 0.717) is 6.42 Å². The van der Waals surface area contributed by atoms with Crippen LogP contribution < -0.4 is 0 Å². The molecule has 0 atom stereocenters. The van der Waals surface area contributed by atoms with Crippen LogP contribution in [-0.4, -0.2) is 16.1 Å². The molecule has 0 saturated heterocycles. The maximum absolute atomic E-state index is 11.3. The average Bonchev–Trinajstić information content (AvgIpc) is 2.33. The van der Waals surface area contributed by atoms with Crippen LogP contribution in [0.1, 0.15) is 25.0 Å². The van der Waals surface area contributed by atoms with Crippen molar-refractivity contribution in [2.24, 2.45) is 5.41 Å². The van der Waals surface area contributed by atoms with Gasteiger partial charge in [0.05, 0.1) is 10.9 Å². The third-order valence-corrected chi connectivity index (χ3v) is 3.94. The third-order valence-electron chi connectivity index (χ3n) is 3.94. The standard InChI is InChI=1S/C15H15NO2/c17-14(18)15(8-3-9-15)10-12-7-6-11-4-1-2-5-13(11)16-12/h1-2,4-7H,3,8-10H2,(H,17,18). The summed E-state index contributed by atoms with van der Waals surface area (Å²) in [4.78, 5) is 15.9. The molecule has 1 N–H and O–H groups in total. The number of carbonyl (C=O) groups is 1. The van der Waals surface area contributed by atoms with Gasteiger partial charge in [-0.3, -0.25) is 9.78 Å². The Hall–Kier alpha value is -1.90. The predicted octanol–water partition coefficient (Wildman–Crippen LogP) is 3.03. The molecule has 0 radical (unpaired) electrons. The summed E-state index contributed by atoms with van der Waals surface area (Å²) in [6.45, 7) is 0. The normalized spacial score (nSPS) is 17.3. The number of aromatic nitrogens is 1. The second-order valence-corrected chi connectivity index (χ2v) is 5.11. The number of para-hydroxylation sites is 1. The number of benzene rings is 1. The van der Waals surface area contributed by atoms with Crippen molar-refractivity contribution in [2.45, 2.75) is 25.7 Å². The van der Waals surface area contributed by atoms with Crippen LogP contribution in [0.3, 0.4) is 0 Å². The molecule has 1 saturated carbocycles. The highest BCUT2D eigenvalue weighted by Crippen LogP contribution is 2.43. The molecule has 1 fully saturated rings. The lowest BCUT2D eigenvalue weighted by molar-refractivity contribution is -0.154. The minimum atomic E-state index is -0.677. The number of fused-ring (bicyclic) bond motifs is 1. The smallest absolute Gasteiger partial charge is 0.310 e. The zero-order valence-corrected chi connectivity index (χ0v) is 10.1. The fourth-order valence-electron chi connectivity index (χ4n) is 2.62. The van der Waals surface area contributed by atoms with Gasteiger partial charge in [-0.2, -0.15) is 0 Å². The Morgan fingerprint density at radius 1 is 1.22 bits per heavy atom. The number of aliphatic carboxylic acids is 1. The summed E-state index contributed by atoms with van der Waals surface area (Å²) in [7, 11) is 0. The van der Waals surface area contributed by atoms with Crippen molar-refractivity contribution in [2.75, 3.05) is 0 Å². The van der Waals surface area contributed by atoms with Crippen LogP contribution in [0.4, 0.5) is 0 Å². The maximum Gasteiger partial charge on any atom is 0.310 e. The molecule has 1 aromatic carbocycles. The highest BCUT2D eigenvalue weighted by atomic mass is 16.4. The first kappa shape index (κ1) is 11.2. The molecule has 0 unspecified atom stereocenters. The molecule has 18 heavy (non-hydrogen) atoms. The summed E-state index contributed by atoms with van der Waals surface area (Å²) >= 11 is 0. The van der Waals surface area contributed by atoms with Crippen molar-refractivity contribution >= 4 is 16.9 Å². The largest absolute Gasteiger partial charge is 0.481 e. The van der Waals surface area contributed by atoms with E-state index in [-0.39, 0.29) is 0 Å². The van der Waals surface area contributed by atoms with Gasteiger partial charge in [0, 0.05) is 17.5 Å². The maximum atomic E-state index is 11.3. The van der Waals surface area contributed by atoms with E-state index in [2.05, 4.69) is 4.98 Å². The molecule has 0 spiro atoms. The van der Waals surface area contributed by atoms with E-state index in [0.717, 1.165) is 35.9 Å². The van der Waals surface area contributed by atoms with Gasteiger partial charge in [0.25, 0.3) is 0 Å². The Morgan fingerprint density at radius 3 is 2.67 bits per heavy atom. The van der Waals surface area contributed by atoms with Crippen molar-refractivity contribution < 1.29 is 9.90 Å². The molecule has 3 heteroatoms. The van der Waals surface area contributed by atoms with E-state index in [4.69, 9.17) is 0 Å². The second kappa shape index (κ2) is 4.09. The number of carboxylic acid groups (broad SMARTS) is 1. The van der Waals surface area contributed by atoms with Gasteiger partial charge in [0.2, 0.25) is 0 Å². The Labute approximate surface area is 105 Å². The molecule has 3 rings (SSSR count). The lowest BCUT2D eigenvalue weighted by Crippen LogP contribution is -2.40. The molecule has 1 aromatic heterocycles. The molecule has 2 aromatic rings. The van der Waals surface area contributed by atoms with E-state index >= 15 is 0 Å². The summed E-state index contributed by atoms with van der Waals surface area (Å²) in [6.07, 6.45) is 3.11. The average molecular weight is 241 g/mol.